The smallest absolute Gasteiger partial charge is 0.317 e. The predicted octanol–water partition coefficient (Wildman–Crippen LogP) is 2.17. The molecule has 2 aliphatic heterocycles. The molecule has 1 aromatic carbocycles. The van der Waals surface area contributed by atoms with Gasteiger partial charge in [-0.25, -0.2) is 4.79 Å². The summed E-state index contributed by atoms with van der Waals surface area (Å²) in [5.74, 6) is 1.52. The molecule has 6 nitrogen and oxygen atoms in total. The van der Waals surface area contributed by atoms with Crippen molar-refractivity contribution in [2.24, 2.45) is 0 Å². The third-order valence-corrected chi connectivity index (χ3v) is 3.96. The normalized spacial score (nSPS) is 24.0. The van der Waals surface area contributed by atoms with Gasteiger partial charge in [0, 0.05) is 26.1 Å². The van der Waals surface area contributed by atoms with Gasteiger partial charge in [-0.2, -0.15) is 0 Å². The van der Waals surface area contributed by atoms with Gasteiger partial charge in [-0.1, -0.05) is 6.07 Å². The standard InChI is InChI=1S/C17H24N2O4/c1-12-10-19(11-13(2)23-12)17(20)18-9-14-4-5-15-16(8-14)22-7-3-6-21-15/h4-5,8,12-13H,3,6-7,9-11H2,1-2H3,(H,18,20). The first kappa shape index (κ1) is 15.9. The lowest BCUT2D eigenvalue weighted by Crippen LogP contribution is -2.51. The molecule has 1 aromatic rings. The summed E-state index contributed by atoms with van der Waals surface area (Å²) in [4.78, 5) is 14.1. The van der Waals surface area contributed by atoms with Crippen molar-refractivity contribution in [3.8, 4) is 11.5 Å². The number of morpholine rings is 1. The lowest BCUT2D eigenvalue weighted by molar-refractivity contribution is -0.0545. The van der Waals surface area contributed by atoms with E-state index in [1.807, 2.05) is 36.9 Å². The average Bonchev–Trinajstić information content (AvgIpc) is 2.76. The Labute approximate surface area is 136 Å². The van der Waals surface area contributed by atoms with E-state index < -0.39 is 0 Å². The quantitative estimate of drug-likeness (QED) is 0.907. The van der Waals surface area contributed by atoms with E-state index in [0.717, 1.165) is 23.5 Å². The van der Waals surface area contributed by atoms with Gasteiger partial charge < -0.3 is 24.4 Å². The molecule has 3 rings (SSSR count). The third kappa shape index (κ3) is 4.07. The molecule has 0 bridgehead atoms. The largest absolute Gasteiger partial charge is 0.490 e. The highest BCUT2D eigenvalue weighted by Crippen LogP contribution is 2.30. The monoisotopic (exact) mass is 320 g/mol. The topological polar surface area (TPSA) is 60.0 Å². The molecule has 2 atom stereocenters. The number of ether oxygens (including phenoxy) is 3. The van der Waals surface area contributed by atoms with Crippen molar-refractivity contribution in [1.82, 2.24) is 10.2 Å². The van der Waals surface area contributed by atoms with Gasteiger partial charge in [-0.05, 0) is 31.5 Å². The Hall–Kier alpha value is -1.95. The highest BCUT2D eigenvalue weighted by molar-refractivity contribution is 5.74. The highest BCUT2D eigenvalue weighted by Gasteiger charge is 2.25. The number of hydrogen-bond donors (Lipinski definition) is 1. The zero-order chi connectivity index (χ0) is 16.2. The number of benzene rings is 1. The van der Waals surface area contributed by atoms with Gasteiger partial charge in [-0.3, -0.25) is 0 Å². The van der Waals surface area contributed by atoms with Gasteiger partial charge in [0.2, 0.25) is 0 Å². The van der Waals surface area contributed by atoms with Crippen molar-refractivity contribution >= 4 is 6.03 Å². The molecule has 2 amide bonds. The van der Waals surface area contributed by atoms with E-state index in [0.29, 0.717) is 32.8 Å². The summed E-state index contributed by atoms with van der Waals surface area (Å²) in [6.45, 7) is 7.02. The molecule has 1 fully saturated rings. The molecular formula is C17H24N2O4. The first-order valence-electron chi connectivity index (χ1n) is 8.18. The van der Waals surface area contributed by atoms with Gasteiger partial charge in [0.15, 0.2) is 11.5 Å². The van der Waals surface area contributed by atoms with Gasteiger partial charge in [-0.15, -0.1) is 0 Å². The predicted molar refractivity (Wildman–Crippen MR) is 85.9 cm³/mol. The number of carbonyl (C=O) groups excluding carboxylic acids is 1. The van der Waals surface area contributed by atoms with Gasteiger partial charge >= 0.3 is 6.03 Å². The number of nitrogens with one attached hydrogen (secondary N) is 1. The first-order chi connectivity index (χ1) is 11.1. The van der Waals surface area contributed by atoms with Crippen LogP contribution in [0.2, 0.25) is 0 Å². The minimum Gasteiger partial charge on any atom is -0.490 e. The van der Waals surface area contributed by atoms with Crippen molar-refractivity contribution in [3.63, 3.8) is 0 Å². The molecule has 1 saturated heterocycles. The number of nitrogens with zero attached hydrogens (tertiary/aromatic N) is 1. The van der Waals surface area contributed by atoms with Crippen molar-refractivity contribution in [1.29, 1.82) is 0 Å². The summed E-state index contributed by atoms with van der Waals surface area (Å²) < 4.78 is 16.9. The second-order valence-corrected chi connectivity index (χ2v) is 6.15. The minimum atomic E-state index is -0.0564. The zero-order valence-electron chi connectivity index (χ0n) is 13.7. The van der Waals surface area contributed by atoms with Crippen LogP contribution in [0, 0.1) is 0 Å². The van der Waals surface area contributed by atoms with E-state index in [-0.39, 0.29) is 18.2 Å². The van der Waals surface area contributed by atoms with Crippen LogP contribution in [-0.4, -0.2) is 49.4 Å². The maximum Gasteiger partial charge on any atom is 0.317 e. The summed E-state index contributed by atoms with van der Waals surface area (Å²) in [7, 11) is 0. The van der Waals surface area contributed by atoms with E-state index in [4.69, 9.17) is 14.2 Å². The Balaban J connectivity index is 1.57. The van der Waals surface area contributed by atoms with Crippen molar-refractivity contribution < 1.29 is 19.0 Å². The van der Waals surface area contributed by atoms with Crippen molar-refractivity contribution in [3.05, 3.63) is 23.8 Å². The molecule has 2 unspecified atom stereocenters. The minimum absolute atomic E-state index is 0.0564. The van der Waals surface area contributed by atoms with Crippen LogP contribution < -0.4 is 14.8 Å². The molecular weight excluding hydrogens is 296 g/mol. The summed E-state index contributed by atoms with van der Waals surface area (Å²) in [6, 6.07) is 5.74. The SMILES string of the molecule is CC1CN(C(=O)NCc2ccc3c(c2)OCCCO3)CC(C)O1. The van der Waals surface area contributed by atoms with Crippen LogP contribution in [0.1, 0.15) is 25.8 Å². The summed E-state index contributed by atoms with van der Waals surface area (Å²) >= 11 is 0. The lowest BCUT2D eigenvalue weighted by atomic mass is 10.2. The van der Waals surface area contributed by atoms with E-state index in [1.165, 1.54) is 0 Å². The molecule has 0 radical (unpaired) electrons. The Morgan fingerprint density at radius 3 is 2.61 bits per heavy atom. The fourth-order valence-corrected chi connectivity index (χ4v) is 2.95. The molecule has 0 aromatic heterocycles. The molecule has 2 aliphatic rings. The number of carbonyl (C=O) groups is 1. The molecule has 0 spiro atoms. The third-order valence-electron chi connectivity index (χ3n) is 3.96. The second-order valence-electron chi connectivity index (χ2n) is 6.15. The van der Waals surface area contributed by atoms with Crippen LogP contribution in [0.5, 0.6) is 11.5 Å². The number of hydrogen-bond acceptors (Lipinski definition) is 4. The van der Waals surface area contributed by atoms with Crippen LogP contribution in [0.25, 0.3) is 0 Å². The van der Waals surface area contributed by atoms with Gasteiger partial charge in [0.1, 0.15) is 0 Å². The number of rotatable bonds is 2. The van der Waals surface area contributed by atoms with E-state index in [2.05, 4.69) is 5.32 Å². The number of amides is 2. The summed E-state index contributed by atoms with van der Waals surface area (Å²) in [5.41, 5.74) is 0.997. The Morgan fingerprint density at radius 1 is 1.17 bits per heavy atom. The molecule has 0 aliphatic carbocycles. The molecule has 126 valence electrons. The van der Waals surface area contributed by atoms with E-state index >= 15 is 0 Å². The Bertz CT molecular complexity index is 554. The van der Waals surface area contributed by atoms with Crippen LogP contribution in [0.15, 0.2) is 18.2 Å². The van der Waals surface area contributed by atoms with Crippen molar-refractivity contribution in [2.75, 3.05) is 26.3 Å². The zero-order valence-corrected chi connectivity index (χ0v) is 13.7. The lowest BCUT2D eigenvalue weighted by Gasteiger charge is -2.35. The van der Waals surface area contributed by atoms with Crippen LogP contribution >= 0.6 is 0 Å². The number of fused-ring (bicyclic) bond motifs is 1. The number of urea groups is 1. The summed E-state index contributed by atoms with van der Waals surface area (Å²) in [6.07, 6.45) is 1.03. The van der Waals surface area contributed by atoms with E-state index in [1.54, 1.807) is 0 Å². The van der Waals surface area contributed by atoms with Crippen molar-refractivity contribution in [2.45, 2.75) is 39.0 Å². The average molecular weight is 320 g/mol. The van der Waals surface area contributed by atoms with Gasteiger partial charge in [0.25, 0.3) is 0 Å². The first-order valence-corrected chi connectivity index (χ1v) is 8.18. The molecule has 6 heteroatoms. The highest BCUT2D eigenvalue weighted by atomic mass is 16.5. The van der Waals surface area contributed by atoms with Crippen LogP contribution in [-0.2, 0) is 11.3 Å². The maximum absolute atomic E-state index is 12.3. The van der Waals surface area contributed by atoms with Crippen LogP contribution in [0.4, 0.5) is 4.79 Å². The Morgan fingerprint density at radius 2 is 1.87 bits per heavy atom. The molecule has 2 heterocycles. The molecule has 23 heavy (non-hydrogen) atoms. The second kappa shape index (κ2) is 7.08. The Kier molecular flexibility index (Phi) is 4.91. The maximum atomic E-state index is 12.3. The van der Waals surface area contributed by atoms with Crippen LogP contribution in [0.3, 0.4) is 0 Å². The summed E-state index contributed by atoms with van der Waals surface area (Å²) in [5, 5.41) is 2.97. The van der Waals surface area contributed by atoms with E-state index in [9.17, 15) is 4.79 Å². The fourth-order valence-electron chi connectivity index (χ4n) is 2.95. The van der Waals surface area contributed by atoms with Gasteiger partial charge in [0.05, 0.1) is 25.4 Å². The molecule has 0 saturated carbocycles. The molecule has 1 N–H and O–H groups in total. The fraction of sp³-hybridized carbons (Fsp3) is 0.588.